The standard InChI is InChI=1S/C26H30N2O5S/c1-4-5-9-20-12-14-21(15-13-20)27-26(29)19-28(22-10-7-6-8-11-22)34(30,31)23-16-17-24(32-2)25(18-23)33-3/h6-8,10-18H,4-5,9,19H2,1-3H3,(H,27,29). The third-order valence-electron chi connectivity index (χ3n) is 5.33. The zero-order valence-electron chi connectivity index (χ0n) is 19.7. The predicted molar refractivity (Wildman–Crippen MR) is 134 cm³/mol. The Bertz CT molecular complexity index is 1200. The number of hydrogen-bond acceptors (Lipinski definition) is 5. The van der Waals surface area contributed by atoms with E-state index in [0.29, 0.717) is 17.1 Å². The first kappa shape index (κ1) is 25.1. The maximum atomic E-state index is 13.6. The second-order valence-electron chi connectivity index (χ2n) is 7.71. The molecule has 0 aliphatic heterocycles. The molecule has 0 saturated heterocycles. The number of anilines is 2. The number of hydrogen-bond donors (Lipinski definition) is 1. The van der Waals surface area contributed by atoms with Crippen molar-refractivity contribution in [1.82, 2.24) is 0 Å². The van der Waals surface area contributed by atoms with Crippen molar-refractivity contribution in [3.05, 3.63) is 78.4 Å². The number of sulfonamides is 1. The minimum Gasteiger partial charge on any atom is -0.493 e. The van der Waals surface area contributed by atoms with Crippen molar-refractivity contribution in [2.75, 3.05) is 30.4 Å². The number of nitrogens with one attached hydrogen (secondary N) is 1. The second kappa shape index (κ2) is 11.6. The molecule has 7 nitrogen and oxygen atoms in total. The van der Waals surface area contributed by atoms with E-state index in [0.717, 1.165) is 23.6 Å². The van der Waals surface area contributed by atoms with Crippen molar-refractivity contribution >= 4 is 27.3 Å². The minimum atomic E-state index is -4.08. The van der Waals surface area contributed by atoms with Crippen molar-refractivity contribution in [3.8, 4) is 11.5 Å². The predicted octanol–water partition coefficient (Wildman–Crippen LogP) is 4.88. The molecule has 0 heterocycles. The van der Waals surface area contributed by atoms with Crippen molar-refractivity contribution in [1.29, 1.82) is 0 Å². The van der Waals surface area contributed by atoms with E-state index in [2.05, 4.69) is 12.2 Å². The summed E-state index contributed by atoms with van der Waals surface area (Å²) in [4.78, 5) is 12.9. The molecule has 34 heavy (non-hydrogen) atoms. The molecule has 0 spiro atoms. The van der Waals surface area contributed by atoms with E-state index in [9.17, 15) is 13.2 Å². The molecule has 0 unspecified atom stereocenters. The Morgan fingerprint density at radius 3 is 2.21 bits per heavy atom. The summed E-state index contributed by atoms with van der Waals surface area (Å²) < 4.78 is 38.7. The van der Waals surface area contributed by atoms with Crippen molar-refractivity contribution in [2.24, 2.45) is 0 Å². The van der Waals surface area contributed by atoms with Gasteiger partial charge in [0.25, 0.3) is 10.0 Å². The van der Waals surface area contributed by atoms with Crippen LogP contribution in [0.5, 0.6) is 11.5 Å². The lowest BCUT2D eigenvalue weighted by Crippen LogP contribution is -2.38. The number of amides is 1. The summed E-state index contributed by atoms with van der Waals surface area (Å²) in [6.07, 6.45) is 3.20. The lowest BCUT2D eigenvalue weighted by atomic mass is 10.1. The van der Waals surface area contributed by atoms with Gasteiger partial charge >= 0.3 is 0 Å². The van der Waals surface area contributed by atoms with Crippen molar-refractivity contribution in [3.63, 3.8) is 0 Å². The van der Waals surface area contributed by atoms with Gasteiger partial charge in [0.1, 0.15) is 6.54 Å². The molecule has 0 aliphatic carbocycles. The van der Waals surface area contributed by atoms with E-state index < -0.39 is 22.5 Å². The average Bonchev–Trinajstić information content (AvgIpc) is 2.86. The first-order valence-electron chi connectivity index (χ1n) is 11.1. The fourth-order valence-electron chi connectivity index (χ4n) is 3.48. The number of benzene rings is 3. The van der Waals surface area contributed by atoms with Gasteiger partial charge in [0, 0.05) is 11.8 Å². The van der Waals surface area contributed by atoms with E-state index in [-0.39, 0.29) is 10.6 Å². The van der Waals surface area contributed by atoms with E-state index in [4.69, 9.17) is 9.47 Å². The van der Waals surface area contributed by atoms with Gasteiger partial charge in [0.2, 0.25) is 5.91 Å². The molecule has 0 radical (unpaired) electrons. The monoisotopic (exact) mass is 482 g/mol. The van der Waals surface area contributed by atoms with Gasteiger partial charge in [-0.3, -0.25) is 9.10 Å². The molecule has 0 aliphatic rings. The summed E-state index contributed by atoms with van der Waals surface area (Å²) in [5, 5.41) is 2.80. The normalized spacial score (nSPS) is 11.0. The molecule has 0 aromatic heterocycles. The Balaban J connectivity index is 1.86. The summed E-state index contributed by atoms with van der Waals surface area (Å²) in [6.45, 7) is 1.75. The van der Waals surface area contributed by atoms with Crippen LogP contribution in [0.3, 0.4) is 0 Å². The first-order valence-corrected chi connectivity index (χ1v) is 12.5. The molecular weight excluding hydrogens is 452 g/mol. The zero-order chi connectivity index (χ0) is 24.6. The largest absolute Gasteiger partial charge is 0.493 e. The van der Waals surface area contributed by atoms with Gasteiger partial charge in [-0.1, -0.05) is 43.7 Å². The van der Waals surface area contributed by atoms with Crippen molar-refractivity contribution < 1.29 is 22.7 Å². The van der Waals surface area contributed by atoms with Gasteiger partial charge in [-0.2, -0.15) is 0 Å². The number of unbranched alkanes of at least 4 members (excludes halogenated alkanes) is 1. The smallest absolute Gasteiger partial charge is 0.264 e. The summed E-state index contributed by atoms with van der Waals surface area (Å²) >= 11 is 0. The van der Waals surface area contributed by atoms with Crippen LogP contribution < -0.4 is 19.1 Å². The van der Waals surface area contributed by atoms with Gasteiger partial charge < -0.3 is 14.8 Å². The van der Waals surface area contributed by atoms with E-state index in [1.165, 1.54) is 38.0 Å². The van der Waals surface area contributed by atoms with E-state index in [1.807, 2.05) is 24.3 Å². The van der Waals surface area contributed by atoms with Gasteiger partial charge in [-0.15, -0.1) is 0 Å². The fraction of sp³-hybridized carbons (Fsp3) is 0.269. The molecule has 0 bridgehead atoms. The van der Waals surface area contributed by atoms with Crippen molar-refractivity contribution in [2.45, 2.75) is 31.1 Å². The number of ether oxygens (including phenoxy) is 2. The van der Waals surface area contributed by atoms with Gasteiger partial charge in [-0.25, -0.2) is 8.42 Å². The number of rotatable bonds is 11. The van der Waals surface area contributed by atoms with Crippen LogP contribution in [-0.4, -0.2) is 35.1 Å². The van der Waals surface area contributed by atoms with E-state index in [1.54, 1.807) is 30.3 Å². The highest BCUT2D eigenvalue weighted by atomic mass is 32.2. The summed E-state index contributed by atoms with van der Waals surface area (Å²) in [5.74, 6) is 0.242. The third-order valence-corrected chi connectivity index (χ3v) is 7.10. The average molecular weight is 483 g/mol. The number of aryl methyl sites for hydroxylation is 1. The SMILES string of the molecule is CCCCc1ccc(NC(=O)CN(c2ccccc2)S(=O)(=O)c2ccc(OC)c(OC)c2)cc1. The molecule has 180 valence electrons. The van der Waals surface area contributed by atoms with E-state index >= 15 is 0 Å². The maximum absolute atomic E-state index is 13.6. The summed E-state index contributed by atoms with van der Waals surface area (Å²) in [7, 11) is -1.17. The highest BCUT2D eigenvalue weighted by Gasteiger charge is 2.28. The number of para-hydroxylation sites is 1. The Morgan fingerprint density at radius 2 is 1.59 bits per heavy atom. The number of carbonyl (C=O) groups is 1. The Labute approximate surface area is 201 Å². The van der Waals surface area contributed by atoms with Crippen LogP contribution in [0.2, 0.25) is 0 Å². The lowest BCUT2D eigenvalue weighted by Gasteiger charge is -2.24. The van der Waals surface area contributed by atoms with Gasteiger partial charge in [-0.05, 0) is 54.8 Å². The quantitative estimate of drug-likeness (QED) is 0.421. The van der Waals surface area contributed by atoms with Crippen LogP contribution >= 0.6 is 0 Å². The molecule has 0 fully saturated rings. The van der Waals surface area contributed by atoms with Crippen LogP contribution in [0, 0.1) is 0 Å². The number of carbonyl (C=O) groups excluding carboxylic acids is 1. The summed E-state index contributed by atoms with van der Waals surface area (Å²) in [6, 6.07) is 20.5. The van der Waals surface area contributed by atoms with Gasteiger partial charge in [0.05, 0.1) is 24.8 Å². The topological polar surface area (TPSA) is 84.9 Å². The highest BCUT2D eigenvalue weighted by Crippen LogP contribution is 2.32. The molecule has 3 aromatic carbocycles. The molecule has 0 atom stereocenters. The summed E-state index contributed by atoms with van der Waals surface area (Å²) in [5.41, 5.74) is 2.19. The number of methoxy groups -OCH3 is 2. The molecule has 1 N–H and O–H groups in total. The molecule has 0 saturated carbocycles. The van der Waals surface area contributed by atoms with Crippen LogP contribution in [0.25, 0.3) is 0 Å². The first-order chi connectivity index (χ1) is 16.4. The van der Waals surface area contributed by atoms with Crippen LogP contribution in [0.4, 0.5) is 11.4 Å². The lowest BCUT2D eigenvalue weighted by molar-refractivity contribution is -0.114. The molecule has 3 aromatic rings. The molecular formula is C26H30N2O5S. The van der Waals surface area contributed by atoms with Gasteiger partial charge in [0.15, 0.2) is 11.5 Å². The van der Waals surface area contributed by atoms with Crippen LogP contribution in [0.1, 0.15) is 25.3 Å². The number of nitrogens with zero attached hydrogens (tertiary/aromatic N) is 1. The Hall–Kier alpha value is -3.52. The molecule has 3 rings (SSSR count). The minimum absolute atomic E-state index is 0.0120. The third kappa shape index (κ3) is 6.08. The second-order valence-corrected chi connectivity index (χ2v) is 9.57. The van der Waals surface area contributed by atoms with Crippen LogP contribution in [-0.2, 0) is 21.2 Å². The van der Waals surface area contributed by atoms with Crippen LogP contribution in [0.15, 0.2) is 77.7 Å². The molecule has 1 amide bonds. The Kier molecular flexibility index (Phi) is 8.54. The Morgan fingerprint density at radius 1 is 0.912 bits per heavy atom. The zero-order valence-corrected chi connectivity index (χ0v) is 20.5. The fourth-order valence-corrected chi connectivity index (χ4v) is 4.92. The highest BCUT2D eigenvalue weighted by molar-refractivity contribution is 7.92. The maximum Gasteiger partial charge on any atom is 0.264 e. The molecule has 8 heteroatoms.